The molecule has 1 saturated carbocycles. The number of carbonyl (C=O) groups excluding carboxylic acids is 1. The first-order valence-corrected chi connectivity index (χ1v) is 8.30. The summed E-state index contributed by atoms with van der Waals surface area (Å²) in [6.07, 6.45) is -2.50. The van der Waals surface area contributed by atoms with E-state index in [0.717, 1.165) is 12.8 Å². The first-order valence-electron chi connectivity index (χ1n) is 8.30. The number of likely N-dealkylation sites (tertiary alicyclic amines) is 1. The summed E-state index contributed by atoms with van der Waals surface area (Å²) in [5, 5.41) is 12.2. The molecule has 1 heterocycles. The van der Waals surface area contributed by atoms with E-state index in [9.17, 15) is 27.9 Å². The van der Waals surface area contributed by atoms with Gasteiger partial charge in [0.05, 0.1) is 5.41 Å². The van der Waals surface area contributed by atoms with Gasteiger partial charge in [-0.25, -0.2) is 4.79 Å². The highest BCUT2D eigenvalue weighted by atomic mass is 19.4. The number of amides is 2. The molecule has 1 aliphatic carbocycles. The van der Waals surface area contributed by atoms with Crippen molar-refractivity contribution < 1.29 is 32.6 Å². The van der Waals surface area contributed by atoms with Gasteiger partial charge in [-0.05, 0) is 36.5 Å². The molecule has 2 aliphatic rings. The Balaban J connectivity index is 1.54. The van der Waals surface area contributed by atoms with E-state index in [1.54, 1.807) is 0 Å². The molecule has 3 rings (SSSR count). The van der Waals surface area contributed by atoms with Crippen LogP contribution in [-0.4, -0.2) is 41.5 Å². The van der Waals surface area contributed by atoms with Gasteiger partial charge in [-0.1, -0.05) is 18.6 Å². The van der Waals surface area contributed by atoms with Crippen LogP contribution in [0.2, 0.25) is 0 Å². The molecule has 0 radical (unpaired) electrons. The van der Waals surface area contributed by atoms with E-state index < -0.39 is 17.7 Å². The van der Waals surface area contributed by atoms with Crippen LogP contribution < -0.4 is 10.1 Å². The van der Waals surface area contributed by atoms with Crippen LogP contribution in [0.3, 0.4) is 0 Å². The molecule has 0 aromatic heterocycles. The highest BCUT2D eigenvalue weighted by Gasteiger charge is 2.55. The SMILES string of the molecule is O=C(NCc1ccc(OC(F)(F)F)cc1)N1C[C@@H]2CCC[C@@]2(C(=O)O)C1. The summed E-state index contributed by atoms with van der Waals surface area (Å²) in [6.45, 7) is 0.736. The number of alkyl halides is 3. The number of ether oxygens (including phenoxy) is 1. The number of rotatable bonds is 4. The Morgan fingerprint density at radius 1 is 1.31 bits per heavy atom. The number of nitrogens with one attached hydrogen (secondary N) is 1. The van der Waals surface area contributed by atoms with Crippen molar-refractivity contribution in [2.45, 2.75) is 32.2 Å². The number of benzene rings is 1. The first-order chi connectivity index (χ1) is 12.2. The van der Waals surface area contributed by atoms with Crippen LogP contribution >= 0.6 is 0 Å². The van der Waals surface area contributed by atoms with E-state index in [1.807, 2.05) is 0 Å². The molecule has 6 nitrogen and oxygen atoms in total. The smallest absolute Gasteiger partial charge is 0.481 e. The second-order valence-corrected chi connectivity index (χ2v) is 6.78. The number of halogens is 3. The lowest BCUT2D eigenvalue weighted by Gasteiger charge is -2.23. The molecule has 1 aromatic carbocycles. The minimum Gasteiger partial charge on any atom is -0.481 e. The second kappa shape index (κ2) is 6.69. The Bertz CT molecular complexity index is 692. The van der Waals surface area contributed by atoms with Crippen molar-refractivity contribution in [1.82, 2.24) is 10.2 Å². The van der Waals surface area contributed by atoms with Crippen LogP contribution in [0.4, 0.5) is 18.0 Å². The van der Waals surface area contributed by atoms with Crippen molar-refractivity contribution in [2.75, 3.05) is 13.1 Å². The molecular formula is C17H19F3N2O4. The fraction of sp³-hybridized carbons (Fsp3) is 0.529. The van der Waals surface area contributed by atoms with Gasteiger partial charge in [-0.2, -0.15) is 0 Å². The van der Waals surface area contributed by atoms with Gasteiger partial charge in [0, 0.05) is 19.6 Å². The normalized spacial score (nSPS) is 25.0. The van der Waals surface area contributed by atoms with Gasteiger partial charge < -0.3 is 20.1 Å². The lowest BCUT2D eigenvalue weighted by molar-refractivity contribution is -0.274. The molecule has 1 aliphatic heterocycles. The molecule has 2 fully saturated rings. The molecular weight excluding hydrogens is 353 g/mol. The molecule has 0 unspecified atom stereocenters. The fourth-order valence-electron chi connectivity index (χ4n) is 3.89. The van der Waals surface area contributed by atoms with E-state index in [0.29, 0.717) is 18.5 Å². The minimum atomic E-state index is -4.75. The quantitative estimate of drug-likeness (QED) is 0.852. The summed E-state index contributed by atoms with van der Waals surface area (Å²) in [4.78, 5) is 25.5. The van der Waals surface area contributed by atoms with Gasteiger partial charge in [0.2, 0.25) is 0 Å². The van der Waals surface area contributed by atoms with Crippen LogP contribution in [0.1, 0.15) is 24.8 Å². The van der Waals surface area contributed by atoms with E-state index in [-0.39, 0.29) is 30.8 Å². The largest absolute Gasteiger partial charge is 0.573 e. The molecule has 1 saturated heterocycles. The number of carboxylic acids is 1. The number of hydrogen-bond acceptors (Lipinski definition) is 3. The molecule has 2 atom stereocenters. The molecule has 142 valence electrons. The van der Waals surface area contributed by atoms with Gasteiger partial charge >= 0.3 is 18.4 Å². The number of aliphatic carboxylic acids is 1. The maximum absolute atomic E-state index is 12.3. The summed E-state index contributed by atoms with van der Waals surface area (Å²) >= 11 is 0. The third-order valence-electron chi connectivity index (χ3n) is 5.18. The van der Waals surface area contributed by atoms with Crippen LogP contribution in [0, 0.1) is 11.3 Å². The summed E-state index contributed by atoms with van der Waals surface area (Å²) in [5.41, 5.74) is -0.228. The Morgan fingerprint density at radius 2 is 2.00 bits per heavy atom. The molecule has 2 amide bonds. The molecule has 1 aromatic rings. The molecule has 0 spiro atoms. The van der Waals surface area contributed by atoms with Gasteiger partial charge in [-0.15, -0.1) is 13.2 Å². The lowest BCUT2D eigenvalue weighted by Crippen LogP contribution is -2.41. The number of fused-ring (bicyclic) bond motifs is 1. The summed E-state index contributed by atoms with van der Waals surface area (Å²) in [6, 6.07) is 4.84. The van der Waals surface area contributed by atoms with E-state index >= 15 is 0 Å². The first kappa shape index (κ1) is 18.3. The highest BCUT2D eigenvalue weighted by Crippen LogP contribution is 2.48. The standard InChI is InChI=1S/C17H19F3N2O4/c18-17(19,20)26-13-5-3-11(4-6-13)8-21-15(25)22-9-12-2-1-7-16(12,10-22)14(23)24/h3-6,12H,1-2,7-10H2,(H,21,25)(H,23,24)/t12-,16+/m0/s1. The van der Waals surface area contributed by atoms with Crippen LogP contribution in [0.25, 0.3) is 0 Å². The van der Waals surface area contributed by atoms with E-state index in [1.165, 1.54) is 29.2 Å². The van der Waals surface area contributed by atoms with E-state index in [2.05, 4.69) is 10.1 Å². The predicted molar refractivity (Wildman–Crippen MR) is 84.3 cm³/mol. The monoisotopic (exact) mass is 372 g/mol. The van der Waals surface area contributed by atoms with Crippen molar-refractivity contribution in [3.05, 3.63) is 29.8 Å². The topological polar surface area (TPSA) is 78.9 Å². The number of carboxylic acid groups (broad SMARTS) is 1. The third kappa shape index (κ3) is 3.71. The second-order valence-electron chi connectivity index (χ2n) is 6.78. The van der Waals surface area contributed by atoms with E-state index in [4.69, 9.17) is 0 Å². The third-order valence-corrected chi connectivity index (χ3v) is 5.18. The van der Waals surface area contributed by atoms with Crippen molar-refractivity contribution >= 4 is 12.0 Å². The van der Waals surface area contributed by atoms with Crippen molar-refractivity contribution in [3.63, 3.8) is 0 Å². The van der Waals surface area contributed by atoms with Crippen molar-refractivity contribution in [3.8, 4) is 5.75 Å². The zero-order chi connectivity index (χ0) is 18.9. The molecule has 26 heavy (non-hydrogen) atoms. The van der Waals surface area contributed by atoms with Crippen molar-refractivity contribution in [2.24, 2.45) is 11.3 Å². The van der Waals surface area contributed by atoms with Crippen LogP contribution in [0.5, 0.6) is 5.75 Å². The number of carbonyl (C=O) groups is 2. The summed E-state index contributed by atoms with van der Waals surface area (Å²) in [5.74, 6) is -1.21. The number of hydrogen-bond donors (Lipinski definition) is 2. The van der Waals surface area contributed by atoms with Gasteiger partial charge in [0.1, 0.15) is 5.75 Å². The average molecular weight is 372 g/mol. The Labute approximate surface area is 147 Å². The molecule has 9 heteroatoms. The fourth-order valence-corrected chi connectivity index (χ4v) is 3.89. The van der Waals surface area contributed by atoms with Gasteiger partial charge in [0.25, 0.3) is 0 Å². The molecule has 0 bridgehead atoms. The lowest BCUT2D eigenvalue weighted by atomic mass is 9.81. The minimum absolute atomic E-state index is 0.0236. The highest BCUT2D eigenvalue weighted by molar-refractivity contribution is 5.80. The van der Waals surface area contributed by atoms with Gasteiger partial charge in [0.15, 0.2) is 0 Å². The average Bonchev–Trinajstić information content (AvgIpc) is 3.10. The number of urea groups is 1. The maximum atomic E-state index is 12.3. The number of nitrogens with zero attached hydrogens (tertiary/aromatic N) is 1. The summed E-state index contributed by atoms with van der Waals surface area (Å²) in [7, 11) is 0. The van der Waals surface area contributed by atoms with Crippen molar-refractivity contribution in [1.29, 1.82) is 0 Å². The van der Waals surface area contributed by atoms with Crippen LogP contribution in [0.15, 0.2) is 24.3 Å². The zero-order valence-corrected chi connectivity index (χ0v) is 13.9. The van der Waals surface area contributed by atoms with Gasteiger partial charge in [-0.3, -0.25) is 4.79 Å². The maximum Gasteiger partial charge on any atom is 0.573 e. The van der Waals surface area contributed by atoms with Crippen LogP contribution in [-0.2, 0) is 11.3 Å². The molecule has 2 N–H and O–H groups in total. The predicted octanol–water partition coefficient (Wildman–Crippen LogP) is 2.98. The Morgan fingerprint density at radius 3 is 2.58 bits per heavy atom. The summed E-state index contributed by atoms with van der Waals surface area (Å²) < 4.78 is 40.2. The zero-order valence-electron chi connectivity index (χ0n) is 13.9. The Hall–Kier alpha value is -2.45. The Kier molecular flexibility index (Phi) is 4.72.